The lowest BCUT2D eigenvalue weighted by atomic mass is 9.65. The van der Waals surface area contributed by atoms with E-state index in [0.717, 1.165) is 0 Å². The molecule has 0 aliphatic carbocycles. The van der Waals surface area contributed by atoms with E-state index in [1.54, 1.807) is 7.11 Å². The highest BCUT2D eigenvalue weighted by atomic mass is 16.5. The summed E-state index contributed by atoms with van der Waals surface area (Å²) < 4.78 is 5.45. The van der Waals surface area contributed by atoms with E-state index in [9.17, 15) is 0 Å². The third-order valence-electron chi connectivity index (χ3n) is 3.63. The van der Waals surface area contributed by atoms with Crippen molar-refractivity contribution in [3.8, 4) is 0 Å². The molecule has 0 aliphatic heterocycles. The minimum absolute atomic E-state index is 0.0608. The molecule has 0 bridgehead atoms. The Kier molecular flexibility index (Phi) is 2.98. The molecule has 2 nitrogen and oxygen atoms in total. The van der Waals surface area contributed by atoms with Crippen molar-refractivity contribution in [2.75, 3.05) is 7.11 Å². The van der Waals surface area contributed by atoms with E-state index in [-0.39, 0.29) is 16.6 Å². The molecule has 0 aliphatic rings. The van der Waals surface area contributed by atoms with Gasteiger partial charge in [0.05, 0.1) is 5.60 Å². The van der Waals surface area contributed by atoms with Crippen LogP contribution in [0.25, 0.3) is 0 Å². The molecule has 0 unspecified atom stereocenters. The van der Waals surface area contributed by atoms with E-state index >= 15 is 0 Å². The summed E-state index contributed by atoms with van der Waals surface area (Å²) >= 11 is 0. The lowest BCUT2D eigenvalue weighted by Crippen LogP contribution is -2.58. The highest BCUT2D eigenvalue weighted by molar-refractivity contribution is 5.00. The Bertz CT molecular complexity index is 154. The average molecular weight is 173 g/mol. The summed E-state index contributed by atoms with van der Waals surface area (Å²) in [6.07, 6.45) is 0. The average Bonchev–Trinajstić information content (AvgIpc) is 1.85. The molecule has 0 spiro atoms. The predicted octanol–water partition coefficient (Wildman–Crippen LogP) is 2.17. The van der Waals surface area contributed by atoms with Gasteiger partial charge in [0.25, 0.3) is 0 Å². The second-order valence-electron chi connectivity index (χ2n) is 5.06. The van der Waals surface area contributed by atoms with Gasteiger partial charge in [-0.3, -0.25) is 0 Å². The van der Waals surface area contributed by atoms with Crippen molar-refractivity contribution >= 4 is 0 Å². The molecule has 0 saturated carbocycles. The largest absolute Gasteiger partial charge is 0.378 e. The van der Waals surface area contributed by atoms with Gasteiger partial charge in [-0.1, -0.05) is 13.8 Å². The number of hydrogen-bond acceptors (Lipinski definition) is 2. The monoisotopic (exact) mass is 173 g/mol. The van der Waals surface area contributed by atoms with Gasteiger partial charge in [-0.2, -0.15) is 0 Å². The van der Waals surface area contributed by atoms with Crippen LogP contribution in [0.1, 0.15) is 41.5 Å². The number of methoxy groups -OCH3 is 1. The summed E-state index contributed by atoms with van der Waals surface area (Å²) in [5, 5.41) is 0. The summed E-state index contributed by atoms with van der Waals surface area (Å²) in [5.74, 6) is 0. The van der Waals surface area contributed by atoms with Gasteiger partial charge in [-0.25, -0.2) is 0 Å². The molecule has 0 aromatic carbocycles. The molecule has 12 heavy (non-hydrogen) atoms. The summed E-state index contributed by atoms with van der Waals surface area (Å²) in [4.78, 5) is 0. The number of ether oxygens (including phenoxy) is 1. The van der Waals surface area contributed by atoms with Gasteiger partial charge in [0.2, 0.25) is 0 Å². The normalized spacial score (nSPS) is 15.0. The number of rotatable bonds is 3. The molecule has 0 radical (unpaired) electrons. The van der Waals surface area contributed by atoms with Crippen molar-refractivity contribution in [1.82, 2.24) is 0 Å². The van der Waals surface area contributed by atoms with Crippen LogP contribution in [0.2, 0.25) is 0 Å². The zero-order valence-corrected chi connectivity index (χ0v) is 9.49. The molecule has 0 rings (SSSR count). The highest BCUT2D eigenvalue weighted by Gasteiger charge is 2.46. The Morgan fingerprint density at radius 2 is 1.25 bits per heavy atom. The first kappa shape index (κ1) is 11.9. The van der Waals surface area contributed by atoms with Crippen LogP contribution in [0.15, 0.2) is 0 Å². The van der Waals surface area contributed by atoms with Crippen LogP contribution in [-0.4, -0.2) is 18.2 Å². The maximum atomic E-state index is 6.09. The molecule has 0 aromatic heterocycles. The second-order valence-corrected chi connectivity index (χ2v) is 5.06. The Morgan fingerprint density at radius 3 is 1.33 bits per heavy atom. The van der Waals surface area contributed by atoms with Crippen molar-refractivity contribution in [3.63, 3.8) is 0 Å². The van der Waals surface area contributed by atoms with Crippen molar-refractivity contribution in [1.29, 1.82) is 0 Å². The minimum atomic E-state index is -0.244. The molecule has 74 valence electrons. The first-order valence-electron chi connectivity index (χ1n) is 4.40. The summed E-state index contributed by atoms with van der Waals surface area (Å²) in [7, 11) is 1.73. The van der Waals surface area contributed by atoms with Gasteiger partial charge in [0.15, 0.2) is 0 Å². The molecule has 0 fully saturated rings. The molecule has 2 heteroatoms. The van der Waals surface area contributed by atoms with Crippen LogP contribution < -0.4 is 5.73 Å². The summed E-state index contributed by atoms with van der Waals surface area (Å²) in [5.41, 5.74) is 5.59. The smallest absolute Gasteiger partial charge is 0.0690 e. The maximum absolute atomic E-state index is 6.09. The Labute approximate surface area is 76.5 Å². The molecular weight excluding hydrogens is 150 g/mol. The lowest BCUT2D eigenvalue weighted by molar-refractivity contribution is -0.0990. The van der Waals surface area contributed by atoms with E-state index in [2.05, 4.69) is 27.7 Å². The fourth-order valence-electron chi connectivity index (χ4n) is 1.03. The van der Waals surface area contributed by atoms with Crippen LogP contribution in [0.5, 0.6) is 0 Å². The maximum Gasteiger partial charge on any atom is 0.0690 e. The van der Waals surface area contributed by atoms with E-state index in [1.165, 1.54) is 0 Å². The van der Waals surface area contributed by atoms with Crippen LogP contribution in [0.4, 0.5) is 0 Å². The number of hydrogen-bond donors (Lipinski definition) is 1. The molecule has 0 heterocycles. The fourth-order valence-corrected chi connectivity index (χ4v) is 1.03. The summed E-state index contributed by atoms with van der Waals surface area (Å²) in [6.45, 7) is 12.5. The van der Waals surface area contributed by atoms with Crippen molar-refractivity contribution in [3.05, 3.63) is 0 Å². The van der Waals surface area contributed by atoms with Gasteiger partial charge < -0.3 is 10.5 Å². The third kappa shape index (κ3) is 1.80. The Hall–Kier alpha value is -0.0800. The fraction of sp³-hybridized carbons (Fsp3) is 1.00. The van der Waals surface area contributed by atoms with E-state index in [0.29, 0.717) is 0 Å². The topological polar surface area (TPSA) is 35.2 Å². The molecule has 0 amide bonds. The van der Waals surface area contributed by atoms with Crippen LogP contribution in [0, 0.1) is 5.41 Å². The molecule has 0 aromatic rings. The molecule has 2 N–H and O–H groups in total. The highest BCUT2D eigenvalue weighted by Crippen LogP contribution is 2.40. The van der Waals surface area contributed by atoms with Gasteiger partial charge in [0, 0.05) is 18.1 Å². The van der Waals surface area contributed by atoms with Crippen molar-refractivity contribution < 1.29 is 4.74 Å². The first-order valence-corrected chi connectivity index (χ1v) is 4.40. The zero-order valence-electron chi connectivity index (χ0n) is 9.49. The SMILES string of the molecule is COC(C)(C)C(C)(C)C(C)(C)N. The third-order valence-corrected chi connectivity index (χ3v) is 3.63. The van der Waals surface area contributed by atoms with E-state index in [4.69, 9.17) is 10.5 Å². The van der Waals surface area contributed by atoms with Gasteiger partial charge in [0.1, 0.15) is 0 Å². The van der Waals surface area contributed by atoms with Crippen LogP contribution in [-0.2, 0) is 4.74 Å². The second kappa shape index (κ2) is 3.00. The zero-order chi connectivity index (χ0) is 10.2. The van der Waals surface area contributed by atoms with Gasteiger partial charge in [-0.15, -0.1) is 0 Å². The quantitative estimate of drug-likeness (QED) is 0.710. The number of nitrogens with two attached hydrogens (primary N) is 1. The predicted molar refractivity (Wildman–Crippen MR) is 53.1 cm³/mol. The van der Waals surface area contributed by atoms with Crippen molar-refractivity contribution in [2.45, 2.75) is 52.7 Å². The van der Waals surface area contributed by atoms with Crippen molar-refractivity contribution in [2.24, 2.45) is 11.1 Å². The molecular formula is C10H23NO. The Morgan fingerprint density at radius 1 is 0.917 bits per heavy atom. The van der Waals surface area contributed by atoms with Gasteiger partial charge >= 0.3 is 0 Å². The standard InChI is InChI=1S/C10H23NO/c1-8(2,9(3,4)11)10(5,6)12-7/h11H2,1-7H3. The van der Waals surface area contributed by atoms with E-state index < -0.39 is 0 Å². The van der Waals surface area contributed by atoms with Crippen LogP contribution in [0.3, 0.4) is 0 Å². The minimum Gasteiger partial charge on any atom is -0.378 e. The molecule has 0 saturated heterocycles. The first-order chi connectivity index (χ1) is 5.06. The lowest BCUT2D eigenvalue weighted by Gasteiger charge is -2.49. The summed E-state index contributed by atoms with van der Waals surface area (Å²) in [6, 6.07) is 0. The Balaban J connectivity index is 4.85. The van der Waals surface area contributed by atoms with Crippen LogP contribution >= 0.6 is 0 Å². The van der Waals surface area contributed by atoms with Gasteiger partial charge in [-0.05, 0) is 27.7 Å². The van der Waals surface area contributed by atoms with E-state index in [1.807, 2.05) is 13.8 Å². The molecule has 0 atom stereocenters.